The molecule has 1 saturated heterocycles. The predicted molar refractivity (Wildman–Crippen MR) is 70.6 cm³/mol. The van der Waals surface area contributed by atoms with Crippen LogP contribution in [-0.4, -0.2) is 53.7 Å². The maximum atomic E-state index is 11.4. The fourth-order valence-corrected chi connectivity index (χ4v) is 2.43. The molecule has 3 N–H and O–H groups in total. The Bertz CT molecular complexity index is 333. The summed E-state index contributed by atoms with van der Waals surface area (Å²) in [5.41, 5.74) is 5.65. The zero-order chi connectivity index (χ0) is 14.3. The second-order valence-corrected chi connectivity index (χ2v) is 4.63. The number of likely N-dealkylation sites (tertiary alicyclic amines) is 1. The van der Waals surface area contributed by atoms with Gasteiger partial charge in [0, 0.05) is 19.0 Å². The number of carboxylic acid groups (broad SMARTS) is 1. The van der Waals surface area contributed by atoms with Crippen LogP contribution in [0.5, 0.6) is 0 Å². The fourth-order valence-electron chi connectivity index (χ4n) is 2.43. The lowest BCUT2D eigenvalue weighted by Gasteiger charge is -2.29. The highest BCUT2D eigenvalue weighted by atomic mass is 16.5. The van der Waals surface area contributed by atoms with Gasteiger partial charge in [0.15, 0.2) is 0 Å². The van der Waals surface area contributed by atoms with Crippen molar-refractivity contribution in [2.45, 2.75) is 37.8 Å². The van der Waals surface area contributed by atoms with Gasteiger partial charge in [-0.3, -0.25) is 14.5 Å². The van der Waals surface area contributed by atoms with Crippen LogP contribution in [0.1, 0.15) is 25.7 Å². The smallest absolute Gasteiger partial charge is 0.320 e. The van der Waals surface area contributed by atoms with E-state index in [1.165, 1.54) is 6.08 Å². The molecule has 1 aliphatic rings. The van der Waals surface area contributed by atoms with E-state index in [1.54, 1.807) is 0 Å². The van der Waals surface area contributed by atoms with E-state index in [0.29, 0.717) is 6.54 Å². The van der Waals surface area contributed by atoms with E-state index >= 15 is 0 Å². The standard InChI is InChI=1S/C13H22N2O4/c1-2-8-19-12(16)6-5-11(13(17)18)15-7-3-4-10(15)9-14/h2,10-11H,1,3-9,14H2,(H,17,18)/t10-,11?/m0/s1. The van der Waals surface area contributed by atoms with E-state index in [0.717, 1.165) is 19.4 Å². The van der Waals surface area contributed by atoms with Gasteiger partial charge in [0.2, 0.25) is 0 Å². The van der Waals surface area contributed by atoms with Crippen molar-refractivity contribution in [1.82, 2.24) is 4.90 Å². The molecule has 1 unspecified atom stereocenters. The van der Waals surface area contributed by atoms with Gasteiger partial charge in [-0.2, -0.15) is 0 Å². The summed E-state index contributed by atoms with van der Waals surface area (Å²) in [5, 5.41) is 9.29. The number of ether oxygens (including phenoxy) is 1. The summed E-state index contributed by atoms with van der Waals surface area (Å²) < 4.78 is 4.84. The van der Waals surface area contributed by atoms with Gasteiger partial charge in [0.05, 0.1) is 0 Å². The normalized spacial score (nSPS) is 21.0. The van der Waals surface area contributed by atoms with Gasteiger partial charge in [0.25, 0.3) is 0 Å². The summed E-state index contributed by atoms with van der Waals surface area (Å²) in [6, 6.07) is -0.558. The van der Waals surface area contributed by atoms with Crippen molar-refractivity contribution in [3.05, 3.63) is 12.7 Å². The monoisotopic (exact) mass is 270 g/mol. The average molecular weight is 270 g/mol. The van der Waals surface area contributed by atoms with Gasteiger partial charge in [-0.1, -0.05) is 12.7 Å². The fraction of sp³-hybridized carbons (Fsp3) is 0.692. The number of nitrogens with zero attached hydrogens (tertiary/aromatic N) is 1. The molecule has 0 bridgehead atoms. The van der Waals surface area contributed by atoms with Crippen LogP contribution in [0.25, 0.3) is 0 Å². The van der Waals surface area contributed by atoms with Crippen molar-refractivity contribution in [3.63, 3.8) is 0 Å². The molecule has 1 fully saturated rings. The molecule has 0 aliphatic carbocycles. The molecule has 0 radical (unpaired) electrons. The second-order valence-electron chi connectivity index (χ2n) is 4.63. The van der Waals surface area contributed by atoms with Crippen LogP contribution < -0.4 is 5.73 Å². The lowest BCUT2D eigenvalue weighted by Crippen LogP contribution is -2.47. The highest BCUT2D eigenvalue weighted by Crippen LogP contribution is 2.22. The third kappa shape index (κ3) is 4.65. The molecule has 6 nitrogen and oxygen atoms in total. The molecule has 1 heterocycles. The van der Waals surface area contributed by atoms with E-state index < -0.39 is 18.0 Å². The number of carbonyl (C=O) groups excluding carboxylic acids is 1. The summed E-state index contributed by atoms with van der Waals surface area (Å²) in [6.45, 7) is 4.78. The average Bonchev–Trinajstić information content (AvgIpc) is 2.84. The highest BCUT2D eigenvalue weighted by molar-refractivity contribution is 5.75. The Morgan fingerprint density at radius 3 is 2.89 bits per heavy atom. The third-order valence-corrected chi connectivity index (χ3v) is 3.36. The Morgan fingerprint density at radius 2 is 2.32 bits per heavy atom. The number of carbonyl (C=O) groups is 2. The first-order chi connectivity index (χ1) is 9.10. The minimum atomic E-state index is -0.906. The summed E-state index contributed by atoms with van der Waals surface area (Å²) >= 11 is 0. The van der Waals surface area contributed by atoms with E-state index in [9.17, 15) is 14.7 Å². The van der Waals surface area contributed by atoms with Gasteiger partial charge >= 0.3 is 11.9 Å². The first-order valence-electron chi connectivity index (χ1n) is 6.55. The molecule has 0 aromatic rings. The van der Waals surface area contributed by atoms with Crippen LogP contribution in [0, 0.1) is 0 Å². The maximum Gasteiger partial charge on any atom is 0.320 e. The number of rotatable bonds is 8. The number of nitrogens with two attached hydrogens (primary N) is 1. The zero-order valence-corrected chi connectivity index (χ0v) is 11.1. The Labute approximate surface area is 113 Å². The van der Waals surface area contributed by atoms with Crippen LogP contribution in [0.15, 0.2) is 12.7 Å². The van der Waals surface area contributed by atoms with E-state index in [2.05, 4.69) is 6.58 Å². The topological polar surface area (TPSA) is 92.9 Å². The largest absolute Gasteiger partial charge is 0.480 e. The summed E-state index contributed by atoms with van der Waals surface area (Å²) in [7, 11) is 0. The maximum absolute atomic E-state index is 11.4. The molecule has 0 aromatic heterocycles. The number of hydrogen-bond acceptors (Lipinski definition) is 5. The SMILES string of the molecule is C=CCOC(=O)CCC(C(=O)O)N1CCC[C@H]1CN. The summed E-state index contributed by atoms with van der Waals surface area (Å²) in [6.07, 6.45) is 3.70. The molecule has 0 spiro atoms. The quantitative estimate of drug-likeness (QED) is 0.489. The van der Waals surface area contributed by atoms with Crippen LogP contribution in [-0.2, 0) is 14.3 Å². The van der Waals surface area contributed by atoms with Crippen molar-refractivity contribution in [2.24, 2.45) is 5.73 Å². The molecule has 108 valence electrons. The first-order valence-corrected chi connectivity index (χ1v) is 6.55. The van der Waals surface area contributed by atoms with Gasteiger partial charge in [0.1, 0.15) is 12.6 Å². The van der Waals surface area contributed by atoms with Crippen molar-refractivity contribution < 1.29 is 19.4 Å². The number of carboxylic acids is 1. The molecule has 6 heteroatoms. The summed E-state index contributed by atoms with van der Waals surface area (Å²) in [5.74, 6) is -1.30. The minimum absolute atomic E-state index is 0.0958. The van der Waals surface area contributed by atoms with Crippen LogP contribution >= 0.6 is 0 Å². The number of hydrogen-bond donors (Lipinski definition) is 2. The molecule has 0 amide bonds. The Balaban J connectivity index is 2.51. The Kier molecular flexibility index (Phi) is 6.52. The molecular weight excluding hydrogens is 248 g/mol. The summed E-state index contributed by atoms with van der Waals surface area (Å²) in [4.78, 5) is 24.6. The van der Waals surface area contributed by atoms with Crippen molar-refractivity contribution in [2.75, 3.05) is 19.7 Å². The zero-order valence-electron chi connectivity index (χ0n) is 11.1. The molecule has 19 heavy (non-hydrogen) atoms. The minimum Gasteiger partial charge on any atom is -0.480 e. The molecule has 2 atom stereocenters. The lowest BCUT2D eigenvalue weighted by molar-refractivity contribution is -0.146. The van der Waals surface area contributed by atoms with Gasteiger partial charge in [-0.05, 0) is 25.8 Å². The van der Waals surface area contributed by atoms with Gasteiger partial charge in [-0.25, -0.2) is 0 Å². The van der Waals surface area contributed by atoms with Crippen molar-refractivity contribution >= 4 is 11.9 Å². The van der Waals surface area contributed by atoms with Crippen LogP contribution in [0.2, 0.25) is 0 Å². The number of esters is 1. The van der Waals surface area contributed by atoms with E-state index in [1.807, 2.05) is 4.90 Å². The highest BCUT2D eigenvalue weighted by Gasteiger charge is 2.34. The number of aliphatic carboxylic acids is 1. The lowest BCUT2D eigenvalue weighted by atomic mass is 10.1. The van der Waals surface area contributed by atoms with Crippen molar-refractivity contribution in [3.8, 4) is 0 Å². The second kappa shape index (κ2) is 7.91. The molecule has 0 saturated carbocycles. The van der Waals surface area contributed by atoms with E-state index in [-0.39, 0.29) is 25.5 Å². The van der Waals surface area contributed by atoms with Gasteiger partial charge < -0.3 is 15.6 Å². The molecule has 0 aromatic carbocycles. The molecule has 1 aliphatic heterocycles. The third-order valence-electron chi connectivity index (χ3n) is 3.36. The predicted octanol–water partition coefficient (Wildman–Crippen LogP) is 0.372. The van der Waals surface area contributed by atoms with Crippen LogP contribution in [0.3, 0.4) is 0 Å². The Morgan fingerprint density at radius 1 is 1.58 bits per heavy atom. The van der Waals surface area contributed by atoms with E-state index in [4.69, 9.17) is 10.5 Å². The Hall–Kier alpha value is -1.40. The molecule has 1 rings (SSSR count). The first kappa shape index (κ1) is 15.7. The van der Waals surface area contributed by atoms with Crippen LogP contribution in [0.4, 0.5) is 0 Å². The van der Waals surface area contributed by atoms with Gasteiger partial charge in [-0.15, -0.1) is 0 Å². The molecular formula is C13H22N2O4. The van der Waals surface area contributed by atoms with Crippen molar-refractivity contribution in [1.29, 1.82) is 0 Å².